The first kappa shape index (κ1) is 14.3. The Labute approximate surface area is 134 Å². The molecule has 0 fully saturated rings. The van der Waals surface area contributed by atoms with Gasteiger partial charge in [0, 0.05) is 10.2 Å². The lowest BCUT2D eigenvalue weighted by molar-refractivity contribution is 0.628. The molecule has 0 atom stereocenters. The van der Waals surface area contributed by atoms with Crippen LogP contribution in [0, 0.1) is 5.82 Å². The van der Waals surface area contributed by atoms with E-state index in [9.17, 15) is 4.39 Å². The molecule has 1 heterocycles. The van der Waals surface area contributed by atoms with Crippen molar-refractivity contribution in [2.24, 2.45) is 10.1 Å². The van der Waals surface area contributed by atoms with Gasteiger partial charge < -0.3 is 0 Å². The number of amidine groups is 1. The Morgan fingerprint density at radius 2 is 2.00 bits per heavy atom. The summed E-state index contributed by atoms with van der Waals surface area (Å²) >= 11 is 4.99. The number of rotatable bonds is 2. The van der Waals surface area contributed by atoms with Gasteiger partial charge in [-0.15, -0.1) is 0 Å². The van der Waals surface area contributed by atoms with Gasteiger partial charge in [-0.05, 0) is 35.9 Å². The zero-order valence-corrected chi connectivity index (χ0v) is 13.3. The van der Waals surface area contributed by atoms with Crippen molar-refractivity contribution in [1.29, 1.82) is 0 Å². The Morgan fingerprint density at radius 3 is 2.67 bits per heavy atom. The van der Waals surface area contributed by atoms with Gasteiger partial charge in [0.2, 0.25) is 0 Å². The van der Waals surface area contributed by atoms with Gasteiger partial charge in [0.05, 0.1) is 11.4 Å². The van der Waals surface area contributed by atoms with Gasteiger partial charge in [-0.2, -0.15) is 5.10 Å². The third kappa shape index (κ3) is 3.71. The second kappa shape index (κ2) is 6.41. The molecule has 1 aliphatic heterocycles. The molecule has 0 bridgehead atoms. The number of hydrogen-bond donors (Lipinski definition) is 1. The zero-order chi connectivity index (χ0) is 14.7. The van der Waals surface area contributed by atoms with E-state index < -0.39 is 0 Å². The quantitative estimate of drug-likeness (QED) is 0.862. The van der Waals surface area contributed by atoms with E-state index in [4.69, 9.17) is 0 Å². The fourth-order valence-corrected chi connectivity index (χ4v) is 3.00. The highest BCUT2D eigenvalue weighted by Crippen LogP contribution is 2.21. The third-order valence-corrected chi connectivity index (χ3v) is 4.22. The highest BCUT2D eigenvalue weighted by atomic mass is 79.9. The molecule has 0 amide bonds. The van der Waals surface area contributed by atoms with Crippen molar-refractivity contribution in [3.63, 3.8) is 0 Å². The van der Waals surface area contributed by atoms with Crippen molar-refractivity contribution >= 4 is 44.3 Å². The van der Waals surface area contributed by atoms with Crippen molar-refractivity contribution in [3.05, 3.63) is 64.4 Å². The summed E-state index contributed by atoms with van der Waals surface area (Å²) < 4.78 is 13.9. The number of nitrogens with zero attached hydrogens (tertiary/aromatic N) is 2. The van der Waals surface area contributed by atoms with Crippen LogP contribution >= 0.6 is 27.7 Å². The summed E-state index contributed by atoms with van der Waals surface area (Å²) in [6.07, 6.45) is 0. The molecular formula is C15H11BrFN3S. The molecule has 0 aliphatic carbocycles. The van der Waals surface area contributed by atoms with Crippen molar-refractivity contribution in [1.82, 2.24) is 5.43 Å². The zero-order valence-electron chi connectivity index (χ0n) is 10.9. The Hall–Kier alpha value is -1.66. The molecule has 0 spiro atoms. The van der Waals surface area contributed by atoms with E-state index in [1.165, 1.54) is 12.1 Å². The van der Waals surface area contributed by atoms with E-state index in [0.29, 0.717) is 5.75 Å². The van der Waals surface area contributed by atoms with E-state index in [1.807, 2.05) is 24.3 Å². The molecule has 0 aromatic heterocycles. The topological polar surface area (TPSA) is 36.8 Å². The predicted molar refractivity (Wildman–Crippen MR) is 89.8 cm³/mol. The average Bonchev–Trinajstić information content (AvgIpc) is 2.49. The van der Waals surface area contributed by atoms with Gasteiger partial charge in [0.25, 0.3) is 0 Å². The molecule has 2 aromatic carbocycles. The second-order valence-corrected chi connectivity index (χ2v) is 6.24. The van der Waals surface area contributed by atoms with Crippen LogP contribution < -0.4 is 5.43 Å². The Balaban J connectivity index is 1.75. The van der Waals surface area contributed by atoms with Gasteiger partial charge in [0.1, 0.15) is 5.82 Å². The van der Waals surface area contributed by atoms with E-state index in [0.717, 1.165) is 26.6 Å². The summed E-state index contributed by atoms with van der Waals surface area (Å²) in [7, 11) is 0. The van der Waals surface area contributed by atoms with Crippen LogP contribution in [0.3, 0.4) is 0 Å². The van der Waals surface area contributed by atoms with Crippen LogP contribution in [0.2, 0.25) is 0 Å². The molecular weight excluding hydrogens is 353 g/mol. The number of aliphatic imine (C=N–C) groups is 1. The van der Waals surface area contributed by atoms with Crippen LogP contribution in [0.1, 0.15) is 5.56 Å². The van der Waals surface area contributed by atoms with E-state index in [2.05, 4.69) is 31.4 Å². The van der Waals surface area contributed by atoms with Crippen molar-refractivity contribution in [2.45, 2.75) is 0 Å². The first-order valence-corrected chi connectivity index (χ1v) is 8.04. The lowest BCUT2D eigenvalue weighted by Crippen LogP contribution is -2.25. The Kier molecular flexibility index (Phi) is 4.36. The van der Waals surface area contributed by atoms with Gasteiger partial charge in [-0.25, -0.2) is 9.38 Å². The molecule has 106 valence electrons. The number of halogens is 2. The normalized spacial score (nSPS) is 16.5. The summed E-state index contributed by atoms with van der Waals surface area (Å²) in [5, 5.41) is 5.06. The van der Waals surface area contributed by atoms with Crippen LogP contribution in [-0.2, 0) is 0 Å². The fourth-order valence-electron chi connectivity index (χ4n) is 1.83. The number of nitrogens with one attached hydrogen (secondary N) is 1. The molecule has 2 aromatic rings. The summed E-state index contributed by atoms with van der Waals surface area (Å²) in [5.74, 6) is 0.457. The summed E-state index contributed by atoms with van der Waals surface area (Å²) in [5.41, 5.74) is 5.60. The van der Waals surface area contributed by atoms with Crippen molar-refractivity contribution in [3.8, 4) is 0 Å². The molecule has 3 rings (SSSR count). The molecule has 21 heavy (non-hydrogen) atoms. The largest absolute Gasteiger partial charge is 0.255 e. The highest BCUT2D eigenvalue weighted by molar-refractivity contribution is 9.10. The van der Waals surface area contributed by atoms with Gasteiger partial charge in [-0.3, -0.25) is 5.43 Å². The van der Waals surface area contributed by atoms with Gasteiger partial charge >= 0.3 is 0 Å². The maximum Gasteiger partial charge on any atom is 0.182 e. The SMILES string of the molecule is Fc1ccc(C2=NNC(=Nc3cccc(Br)c3)SC2)cc1. The maximum absolute atomic E-state index is 12.9. The standard InChI is InChI=1S/C15H11BrFN3S/c16-11-2-1-3-13(8-11)18-15-20-19-14(9-21-15)10-4-6-12(17)7-5-10/h1-8H,9H2,(H,18,20). The molecule has 0 unspecified atom stereocenters. The summed E-state index contributed by atoms with van der Waals surface area (Å²) in [6.45, 7) is 0. The van der Waals surface area contributed by atoms with Crippen LogP contribution in [0.5, 0.6) is 0 Å². The van der Waals surface area contributed by atoms with Crippen molar-refractivity contribution < 1.29 is 4.39 Å². The molecule has 1 aliphatic rings. The Morgan fingerprint density at radius 1 is 1.19 bits per heavy atom. The summed E-state index contributed by atoms with van der Waals surface area (Å²) in [4.78, 5) is 4.49. The number of hydrogen-bond acceptors (Lipinski definition) is 3. The first-order chi connectivity index (χ1) is 10.2. The molecule has 0 saturated heterocycles. The third-order valence-electron chi connectivity index (χ3n) is 2.85. The maximum atomic E-state index is 12.9. The number of hydrazone groups is 1. The second-order valence-electron chi connectivity index (χ2n) is 4.36. The molecule has 0 saturated carbocycles. The number of benzene rings is 2. The molecule has 0 radical (unpaired) electrons. The fraction of sp³-hybridized carbons (Fsp3) is 0.0667. The van der Waals surface area contributed by atoms with Crippen LogP contribution in [0.15, 0.2) is 63.1 Å². The minimum Gasteiger partial charge on any atom is -0.255 e. The number of thioether (sulfide) groups is 1. The smallest absolute Gasteiger partial charge is 0.182 e. The molecule has 3 nitrogen and oxygen atoms in total. The van der Waals surface area contributed by atoms with Crippen LogP contribution in [0.25, 0.3) is 0 Å². The minimum atomic E-state index is -0.243. The molecule has 6 heteroatoms. The lowest BCUT2D eigenvalue weighted by atomic mass is 10.1. The Bertz CT molecular complexity index is 713. The van der Waals surface area contributed by atoms with Gasteiger partial charge in [0.15, 0.2) is 5.17 Å². The van der Waals surface area contributed by atoms with E-state index >= 15 is 0 Å². The highest BCUT2D eigenvalue weighted by Gasteiger charge is 2.13. The lowest BCUT2D eigenvalue weighted by Gasteiger charge is -2.14. The average molecular weight is 364 g/mol. The van der Waals surface area contributed by atoms with Crippen LogP contribution in [0.4, 0.5) is 10.1 Å². The summed E-state index contributed by atoms with van der Waals surface area (Å²) in [6, 6.07) is 14.1. The predicted octanol–water partition coefficient (Wildman–Crippen LogP) is 4.32. The van der Waals surface area contributed by atoms with Gasteiger partial charge in [-0.1, -0.05) is 45.9 Å². The van der Waals surface area contributed by atoms with Crippen LogP contribution in [-0.4, -0.2) is 16.6 Å². The van der Waals surface area contributed by atoms with E-state index in [1.54, 1.807) is 23.9 Å². The van der Waals surface area contributed by atoms with E-state index in [-0.39, 0.29) is 5.82 Å². The monoisotopic (exact) mass is 363 g/mol. The minimum absolute atomic E-state index is 0.243. The first-order valence-electron chi connectivity index (χ1n) is 6.26. The van der Waals surface area contributed by atoms with Crippen molar-refractivity contribution in [2.75, 3.05) is 5.75 Å². The molecule has 1 N–H and O–H groups in total.